The molecule has 2 atom stereocenters. The van der Waals surface area contributed by atoms with E-state index in [0.717, 1.165) is 11.8 Å². The number of carbonyl (C=O) groups is 3. The Labute approximate surface area is 246 Å². The lowest BCUT2D eigenvalue weighted by molar-refractivity contribution is -0.137. The molecule has 12 nitrogen and oxygen atoms in total. The second-order valence-electron chi connectivity index (χ2n) is 9.58. The smallest absolute Gasteiger partial charge is 0.353 e. The predicted molar refractivity (Wildman–Crippen MR) is 156 cm³/mol. The van der Waals surface area contributed by atoms with Crippen molar-refractivity contribution in [3.63, 3.8) is 0 Å². The summed E-state index contributed by atoms with van der Waals surface area (Å²) >= 11 is 0. The van der Waals surface area contributed by atoms with Crippen LogP contribution in [0.15, 0.2) is 59.5 Å². The molecule has 0 fully saturated rings. The van der Waals surface area contributed by atoms with Crippen LogP contribution in [0.5, 0.6) is 0 Å². The van der Waals surface area contributed by atoms with Crippen molar-refractivity contribution in [1.29, 1.82) is 0 Å². The molecule has 0 aliphatic rings. The van der Waals surface area contributed by atoms with Gasteiger partial charge in [-0.15, -0.1) is 0 Å². The summed E-state index contributed by atoms with van der Waals surface area (Å²) in [6.07, 6.45) is 3.20. The SMILES string of the molecule is CC(=O)NC(Cc1ccccc1)P(=O)(OCCOCC(=O)NCCCCCC(=O)O)OCc1ccc(S(C)(=O)=O)cc1. The van der Waals surface area contributed by atoms with Gasteiger partial charge in [0.25, 0.3) is 0 Å². The third kappa shape index (κ3) is 13.7. The monoisotopic (exact) mass is 626 g/mol. The molecule has 0 heterocycles. The second-order valence-corrected chi connectivity index (χ2v) is 13.8. The fourth-order valence-electron chi connectivity index (χ4n) is 3.77. The zero-order valence-corrected chi connectivity index (χ0v) is 25.5. The summed E-state index contributed by atoms with van der Waals surface area (Å²) in [7, 11) is -7.42. The number of benzene rings is 2. The van der Waals surface area contributed by atoms with Crippen LogP contribution in [0.3, 0.4) is 0 Å². The molecule has 14 heteroatoms. The molecule has 2 aromatic rings. The van der Waals surface area contributed by atoms with Gasteiger partial charge in [-0.2, -0.15) is 0 Å². The van der Waals surface area contributed by atoms with Gasteiger partial charge in [-0.3, -0.25) is 18.9 Å². The van der Waals surface area contributed by atoms with Crippen LogP contribution in [-0.2, 0) is 55.6 Å². The van der Waals surface area contributed by atoms with E-state index in [0.29, 0.717) is 31.4 Å². The van der Waals surface area contributed by atoms with Gasteiger partial charge in [0.05, 0.1) is 24.7 Å². The minimum absolute atomic E-state index is 0.0828. The van der Waals surface area contributed by atoms with Gasteiger partial charge in [-0.05, 0) is 36.1 Å². The largest absolute Gasteiger partial charge is 0.481 e. The quantitative estimate of drug-likeness (QED) is 0.146. The Morgan fingerprint density at radius 2 is 1.62 bits per heavy atom. The molecule has 42 heavy (non-hydrogen) atoms. The summed E-state index contributed by atoms with van der Waals surface area (Å²) in [6.45, 7) is 0.972. The fraction of sp³-hybridized carbons (Fsp3) is 0.464. The first-order chi connectivity index (χ1) is 19.9. The molecule has 2 rings (SSSR count). The summed E-state index contributed by atoms with van der Waals surface area (Å²) in [5.74, 6) is -2.67. The fourth-order valence-corrected chi connectivity index (χ4v) is 6.27. The minimum atomic E-state index is -4.03. The van der Waals surface area contributed by atoms with Crippen LogP contribution in [0, 0.1) is 0 Å². The molecule has 2 unspecified atom stereocenters. The Balaban J connectivity index is 1.99. The van der Waals surface area contributed by atoms with Crippen molar-refractivity contribution in [2.75, 3.05) is 32.6 Å². The van der Waals surface area contributed by atoms with Gasteiger partial charge in [0.1, 0.15) is 12.4 Å². The van der Waals surface area contributed by atoms with Crippen LogP contribution >= 0.6 is 7.60 Å². The maximum atomic E-state index is 14.1. The Morgan fingerprint density at radius 3 is 2.24 bits per heavy atom. The van der Waals surface area contributed by atoms with Crippen molar-refractivity contribution in [2.45, 2.75) is 56.3 Å². The van der Waals surface area contributed by atoms with Crippen LogP contribution in [0.1, 0.15) is 43.7 Å². The molecule has 0 aromatic heterocycles. The zero-order chi connectivity index (χ0) is 31.0. The number of amides is 2. The van der Waals surface area contributed by atoms with E-state index in [1.54, 1.807) is 12.1 Å². The van der Waals surface area contributed by atoms with Gasteiger partial charge in [-0.1, -0.05) is 48.9 Å². The van der Waals surface area contributed by atoms with E-state index in [1.165, 1.54) is 19.1 Å². The number of sulfone groups is 1. The van der Waals surface area contributed by atoms with Gasteiger partial charge in [0.2, 0.25) is 11.8 Å². The van der Waals surface area contributed by atoms with E-state index >= 15 is 0 Å². The molecular formula is C28H39N2O10PS. The molecule has 0 aliphatic heterocycles. The second kappa shape index (κ2) is 17.8. The van der Waals surface area contributed by atoms with E-state index in [4.69, 9.17) is 18.9 Å². The Kier molecular flexibility index (Phi) is 14.9. The van der Waals surface area contributed by atoms with Gasteiger partial charge in [-0.25, -0.2) is 8.42 Å². The molecular weight excluding hydrogens is 587 g/mol. The number of carboxylic acids is 1. The first-order valence-electron chi connectivity index (χ1n) is 13.4. The van der Waals surface area contributed by atoms with Crippen LogP contribution in [-0.4, -0.2) is 69.7 Å². The number of ether oxygens (including phenoxy) is 1. The molecule has 3 N–H and O–H groups in total. The first kappa shape index (κ1) is 35.1. The predicted octanol–water partition coefficient (Wildman–Crippen LogP) is 3.30. The van der Waals surface area contributed by atoms with E-state index in [2.05, 4.69) is 10.6 Å². The summed E-state index contributed by atoms with van der Waals surface area (Å²) in [4.78, 5) is 34.7. The lowest BCUT2D eigenvalue weighted by Crippen LogP contribution is -2.36. The highest BCUT2D eigenvalue weighted by molar-refractivity contribution is 7.90. The maximum Gasteiger partial charge on any atom is 0.353 e. The van der Waals surface area contributed by atoms with Crippen molar-refractivity contribution in [1.82, 2.24) is 10.6 Å². The normalized spacial score (nSPS) is 13.6. The summed E-state index contributed by atoms with van der Waals surface area (Å²) < 4.78 is 54.5. The Morgan fingerprint density at radius 1 is 0.929 bits per heavy atom. The number of hydrogen-bond acceptors (Lipinski definition) is 9. The van der Waals surface area contributed by atoms with Crippen LogP contribution in [0.4, 0.5) is 0 Å². The lowest BCUT2D eigenvalue weighted by atomic mass is 10.1. The zero-order valence-electron chi connectivity index (χ0n) is 23.8. The molecule has 0 radical (unpaired) electrons. The number of carbonyl (C=O) groups excluding carboxylic acids is 2. The van der Waals surface area contributed by atoms with E-state index in [9.17, 15) is 27.4 Å². The van der Waals surface area contributed by atoms with Crippen molar-refractivity contribution >= 4 is 35.2 Å². The van der Waals surface area contributed by atoms with E-state index < -0.39 is 35.1 Å². The highest BCUT2D eigenvalue weighted by Crippen LogP contribution is 2.53. The first-order valence-corrected chi connectivity index (χ1v) is 16.9. The van der Waals surface area contributed by atoms with Crippen LogP contribution < -0.4 is 10.6 Å². The Hall–Kier alpha value is -3.09. The van der Waals surface area contributed by atoms with Crippen molar-refractivity contribution in [2.24, 2.45) is 0 Å². The molecule has 2 aromatic carbocycles. The molecule has 0 saturated heterocycles. The van der Waals surface area contributed by atoms with Crippen molar-refractivity contribution in [3.05, 3.63) is 65.7 Å². The van der Waals surface area contributed by atoms with Crippen molar-refractivity contribution in [3.8, 4) is 0 Å². The molecule has 232 valence electrons. The highest BCUT2D eigenvalue weighted by atomic mass is 32.2. The third-order valence-corrected chi connectivity index (χ3v) is 9.14. The summed E-state index contributed by atoms with van der Waals surface area (Å²) in [5.41, 5.74) is 1.33. The van der Waals surface area contributed by atoms with E-state index in [-0.39, 0.29) is 50.1 Å². The number of aliphatic carboxylic acids is 1. The van der Waals surface area contributed by atoms with E-state index in [1.807, 2.05) is 30.3 Å². The molecule has 0 saturated carbocycles. The number of rotatable bonds is 20. The minimum Gasteiger partial charge on any atom is -0.481 e. The average Bonchev–Trinajstić information content (AvgIpc) is 2.93. The number of carboxylic acid groups (broad SMARTS) is 1. The van der Waals surface area contributed by atoms with Gasteiger partial charge in [0, 0.05) is 32.6 Å². The van der Waals surface area contributed by atoms with Crippen molar-refractivity contribution < 1.29 is 46.3 Å². The number of nitrogens with one attached hydrogen (secondary N) is 2. The number of hydrogen-bond donors (Lipinski definition) is 3. The molecule has 0 bridgehead atoms. The maximum absolute atomic E-state index is 14.1. The summed E-state index contributed by atoms with van der Waals surface area (Å²) in [6, 6.07) is 15.0. The average molecular weight is 627 g/mol. The topological polar surface area (TPSA) is 174 Å². The summed E-state index contributed by atoms with van der Waals surface area (Å²) in [5, 5.41) is 14.0. The van der Waals surface area contributed by atoms with Crippen LogP contribution in [0.25, 0.3) is 0 Å². The highest BCUT2D eigenvalue weighted by Gasteiger charge is 2.37. The van der Waals surface area contributed by atoms with Crippen LogP contribution in [0.2, 0.25) is 0 Å². The molecule has 0 aliphatic carbocycles. The molecule has 0 spiro atoms. The van der Waals surface area contributed by atoms with Gasteiger partial charge < -0.3 is 29.5 Å². The molecule has 2 amide bonds. The third-order valence-electron chi connectivity index (χ3n) is 5.91. The Bertz CT molecular complexity index is 1300. The number of unbranched alkanes of at least 4 members (excludes halogenated alkanes) is 2. The van der Waals surface area contributed by atoms with Gasteiger partial charge in [0.15, 0.2) is 9.84 Å². The lowest BCUT2D eigenvalue weighted by Gasteiger charge is -2.27. The standard InChI is InChI=1S/C28H39N2O10PS/c1-22(31)30-27(19-23-9-5-3-6-10-23)41(35,40-20-24-12-14-25(15-13-24)42(2,36)37)39-18-17-38-21-26(32)29-16-8-4-7-11-28(33)34/h3,5-6,9-10,12-15,27H,4,7-8,11,16-21H2,1-2H3,(H,29,32)(H,30,31)(H,33,34). The van der Waals surface area contributed by atoms with Gasteiger partial charge >= 0.3 is 13.6 Å².